The summed E-state index contributed by atoms with van der Waals surface area (Å²) >= 11 is 6.83. The molecule has 3 aromatic carbocycles. The van der Waals surface area contributed by atoms with E-state index in [4.69, 9.17) is 11.6 Å². The van der Waals surface area contributed by atoms with Crippen LogP contribution >= 0.6 is 11.6 Å². The third-order valence-corrected chi connectivity index (χ3v) is 7.54. The van der Waals surface area contributed by atoms with Gasteiger partial charge in [-0.05, 0) is 60.7 Å². The van der Waals surface area contributed by atoms with Crippen molar-refractivity contribution < 1.29 is 18.6 Å². The average molecular weight is 525 g/mol. The molecule has 0 spiro atoms. The Labute approximate surface area is 216 Å². The van der Waals surface area contributed by atoms with Gasteiger partial charge < -0.3 is 14.8 Å². The molecular weight excluding hydrogens is 496 g/mol. The highest BCUT2D eigenvalue weighted by atomic mass is 35.5. The molecular formula is C28H29ClN2O4S. The highest BCUT2D eigenvalue weighted by molar-refractivity contribution is 7.90. The van der Waals surface area contributed by atoms with Crippen LogP contribution in [0.1, 0.15) is 41.9 Å². The van der Waals surface area contributed by atoms with Gasteiger partial charge in [-0.2, -0.15) is 0 Å². The molecule has 1 aromatic heterocycles. The Morgan fingerprint density at radius 1 is 1.00 bits per heavy atom. The molecule has 0 bridgehead atoms. The van der Waals surface area contributed by atoms with Gasteiger partial charge in [0, 0.05) is 18.1 Å². The zero-order valence-electron chi connectivity index (χ0n) is 20.4. The maximum atomic E-state index is 12.2. The highest BCUT2D eigenvalue weighted by Gasteiger charge is 2.25. The Balaban J connectivity index is 1.72. The number of halogens is 1. The van der Waals surface area contributed by atoms with Crippen LogP contribution < -0.4 is 0 Å². The first-order valence-corrected chi connectivity index (χ1v) is 13.8. The van der Waals surface area contributed by atoms with E-state index in [9.17, 15) is 18.6 Å². The molecule has 0 aliphatic carbocycles. The number of aliphatic hydroxyl groups excluding tert-OH is 1. The van der Waals surface area contributed by atoms with E-state index in [1.807, 2.05) is 59.2 Å². The van der Waals surface area contributed by atoms with Crippen LogP contribution in [-0.4, -0.2) is 34.4 Å². The van der Waals surface area contributed by atoms with Crippen molar-refractivity contribution >= 4 is 21.4 Å². The lowest BCUT2D eigenvalue weighted by Crippen LogP contribution is -2.16. The minimum atomic E-state index is -3.49. The number of hydrogen-bond donors (Lipinski definition) is 2. The van der Waals surface area contributed by atoms with E-state index in [1.165, 1.54) is 0 Å². The number of benzene rings is 3. The highest BCUT2D eigenvalue weighted by Crippen LogP contribution is 2.32. The molecule has 0 aliphatic rings. The van der Waals surface area contributed by atoms with Crippen molar-refractivity contribution in [3.8, 4) is 16.8 Å². The van der Waals surface area contributed by atoms with Gasteiger partial charge in [0.15, 0.2) is 9.84 Å². The molecule has 188 valence electrons. The fraction of sp³-hybridized carbons (Fsp3) is 0.250. The third-order valence-electron chi connectivity index (χ3n) is 6.01. The van der Waals surface area contributed by atoms with Crippen LogP contribution in [-0.2, 0) is 28.5 Å². The van der Waals surface area contributed by atoms with Crippen molar-refractivity contribution in [2.45, 2.75) is 42.7 Å². The maximum Gasteiger partial charge on any atom is 0.175 e. The molecule has 0 amide bonds. The fourth-order valence-electron chi connectivity index (χ4n) is 4.05. The number of aliphatic hydroxyl groups is 2. The first-order chi connectivity index (χ1) is 17.0. The monoisotopic (exact) mass is 524 g/mol. The van der Waals surface area contributed by atoms with Gasteiger partial charge >= 0.3 is 0 Å². The van der Waals surface area contributed by atoms with Crippen molar-refractivity contribution in [2.75, 3.05) is 6.26 Å². The molecule has 0 radical (unpaired) electrons. The Kier molecular flexibility index (Phi) is 7.38. The van der Waals surface area contributed by atoms with Crippen molar-refractivity contribution in [2.24, 2.45) is 0 Å². The number of imidazole rings is 1. The quantitative estimate of drug-likeness (QED) is 0.310. The standard InChI is InChI=1S/C28H29ClN2O4S/c1-28(2,33)26-17-31(27(30-26)24(29)15-19-7-5-4-6-8-19)23-13-11-20(12-14-23)21-9-10-22(18-32)25(16-21)36(3,34)35/h4-14,16-17,24,32-33H,15,18H2,1-3H3. The summed E-state index contributed by atoms with van der Waals surface area (Å²) in [5.74, 6) is 0.622. The zero-order chi connectivity index (χ0) is 26.1. The Hall–Kier alpha value is -2.97. The maximum absolute atomic E-state index is 12.2. The molecule has 36 heavy (non-hydrogen) atoms. The van der Waals surface area contributed by atoms with E-state index in [0.717, 1.165) is 28.6 Å². The molecule has 0 aliphatic heterocycles. The van der Waals surface area contributed by atoms with Crippen LogP contribution in [0.25, 0.3) is 16.8 Å². The van der Waals surface area contributed by atoms with Gasteiger partial charge in [0.2, 0.25) is 0 Å². The Morgan fingerprint density at radius 3 is 2.22 bits per heavy atom. The van der Waals surface area contributed by atoms with Gasteiger partial charge in [0.1, 0.15) is 11.4 Å². The SMILES string of the molecule is CC(C)(O)c1cn(-c2ccc(-c3ccc(CO)c(S(C)(=O)=O)c3)cc2)c(C(Cl)Cc2ccccc2)n1. The second-order valence-corrected chi connectivity index (χ2v) is 11.9. The Morgan fingerprint density at radius 2 is 1.64 bits per heavy atom. The van der Waals surface area contributed by atoms with E-state index in [0.29, 0.717) is 23.5 Å². The van der Waals surface area contributed by atoms with Crippen molar-refractivity contribution in [1.82, 2.24) is 9.55 Å². The fourth-order valence-corrected chi connectivity index (χ4v) is 5.34. The lowest BCUT2D eigenvalue weighted by atomic mass is 10.0. The van der Waals surface area contributed by atoms with E-state index in [-0.39, 0.29) is 11.5 Å². The van der Waals surface area contributed by atoms with Crippen molar-refractivity contribution in [3.63, 3.8) is 0 Å². The first-order valence-electron chi connectivity index (χ1n) is 11.5. The largest absolute Gasteiger partial charge is 0.392 e. The van der Waals surface area contributed by atoms with Gasteiger partial charge in [0.25, 0.3) is 0 Å². The summed E-state index contributed by atoms with van der Waals surface area (Å²) in [5.41, 5.74) is 3.18. The van der Waals surface area contributed by atoms with Gasteiger partial charge in [0.05, 0.1) is 22.6 Å². The summed E-state index contributed by atoms with van der Waals surface area (Å²) in [6.45, 7) is 3.02. The molecule has 0 saturated heterocycles. The van der Waals surface area contributed by atoms with Crippen LogP contribution in [0, 0.1) is 0 Å². The van der Waals surface area contributed by atoms with Crippen LogP contribution in [0.2, 0.25) is 0 Å². The lowest BCUT2D eigenvalue weighted by Gasteiger charge is -2.14. The van der Waals surface area contributed by atoms with Gasteiger partial charge in [-0.25, -0.2) is 13.4 Å². The minimum absolute atomic E-state index is 0.115. The summed E-state index contributed by atoms with van der Waals surface area (Å²) < 4.78 is 26.3. The number of aromatic nitrogens is 2. The normalized spacial score (nSPS) is 13.1. The predicted molar refractivity (Wildman–Crippen MR) is 142 cm³/mol. The second-order valence-electron chi connectivity index (χ2n) is 9.37. The van der Waals surface area contributed by atoms with Crippen LogP contribution in [0.5, 0.6) is 0 Å². The summed E-state index contributed by atoms with van der Waals surface area (Å²) in [5, 5.41) is 19.7. The molecule has 1 unspecified atom stereocenters. The van der Waals surface area contributed by atoms with Crippen molar-refractivity contribution in [3.05, 3.63) is 102 Å². The molecule has 0 fully saturated rings. The molecule has 4 rings (SSSR count). The topological polar surface area (TPSA) is 92.4 Å². The summed E-state index contributed by atoms with van der Waals surface area (Å²) in [6.07, 6.45) is 3.50. The molecule has 8 heteroatoms. The van der Waals surface area contributed by atoms with E-state index < -0.39 is 20.8 Å². The van der Waals surface area contributed by atoms with Crippen molar-refractivity contribution in [1.29, 1.82) is 0 Å². The van der Waals surface area contributed by atoms with Gasteiger partial charge in [-0.1, -0.05) is 54.6 Å². The molecule has 0 saturated carbocycles. The minimum Gasteiger partial charge on any atom is -0.392 e. The second kappa shape index (κ2) is 10.2. The van der Waals surface area contributed by atoms with Gasteiger partial charge in [-0.15, -0.1) is 11.6 Å². The molecule has 4 aromatic rings. The average Bonchev–Trinajstić information content (AvgIpc) is 3.30. The lowest BCUT2D eigenvalue weighted by molar-refractivity contribution is 0.0741. The number of rotatable bonds is 8. The summed E-state index contributed by atoms with van der Waals surface area (Å²) in [6, 6.07) is 22.5. The number of sulfone groups is 1. The molecule has 1 atom stereocenters. The third kappa shape index (κ3) is 5.71. The Bertz CT molecular complexity index is 1460. The van der Waals surface area contributed by atoms with Gasteiger partial charge in [-0.3, -0.25) is 0 Å². The first kappa shape index (κ1) is 26.1. The number of nitrogens with zero attached hydrogens (tertiary/aromatic N) is 2. The van der Waals surface area contributed by atoms with Crippen LogP contribution in [0.4, 0.5) is 0 Å². The van der Waals surface area contributed by atoms with E-state index in [2.05, 4.69) is 4.98 Å². The summed E-state index contributed by atoms with van der Waals surface area (Å²) in [7, 11) is -3.49. The van der Waals surface area contributed by atoms with E-state index in [1.54, 1.807) is 38.2 Å². The smallest absolute Gasteiger partial charge is 0.175 e. The van der Waals surface area contributed by atoms with Crippen LogP contribution in [0.3, 0.4) is 0 Å². The summed E-state index contributed by atoms with van der Waals surface area (Å²) in [4.78, 5) is 4.80. The molecule has 6 nitrogen and oxygen atoms in total. The predicted octanol–water partition coefficient (Wildman–Crippen LogP) is 5.19. The molecule has 2 N–H and O–H groups in total. The number of alkyl halides is 1. The van der Waals surface area contributed by atoms with E-state index >= 15 is 0 Å². The number of hydrogen-bond acceptors (Lipinski definition) is 5. The zero-order valence-corrected chi connectivity index (χ0v) is 22.0. The molecule has 1 heterocycles. The van der Waals surface area contributed by atoms with Crippen LogP contribution in [0.15, 0.2) is 83.9 Å².